The van der Waals surface area contributed by atoms with Crippen molar-refractivity contribution in [3.05, 3.63) is 155 Å². The van der Waals surface area contributed by atoms with Crippen LogP contribution in [0.4, 0.5) is 0 Å². The summed E-state index contributed by atoms with van der Waals surface area (Å²) in [5.74, 6) is -1.71. The molecule has 6 rings (SSSR count). The van der Waals surface area contributed by atoms with E-state index in [-0.39, 0.29) is 7.25 Å². The molecule has 0 saturated carbocycles. The van der Waals surface area contributed by atoms with Crippen molar-refractivity contribution in [3.63, 3.8) is 0 Å². The van der Waals surface area contributed by atoms with E-state index in [0.29, 0.717) is 0 Å². The van der Waals surface area contributed by atoms with Crippen molar-refractivity contribution in [3.8, 4) is 0 Å². The molecule has 2 unspecified atom stereocenters. The van der Waals surface area contributed by atoms with E-state index in [2.05, 4.69) is 135 Å². The topological polar surface area (TPSA) is 0 Å². The van der Waals surface area contributed by atoms with Crippen molar-refractivity contribution in [2.24, 2.45) is 0 Å². The van der Waals surface area contributed by atoms with Crippen LogP contribution in [0.1, 0.15) is 51.8 Å². The Labute approximate surface area is 247 Å². The van der Waals surface area contributed by atoms with Gasteiger partial charge in [0.15, 0.2) is 0 Å². The van der Waals surface area contributed by atoms with Gasteiger partial charge in [-0.1, -0.05) is 0 Å². The van der Waals surface area contributed by atoms with Crippen molar-refractivity contribution in [2.75, 3.05) is 0 Å². The van der Waals surface area contributed by atoms with Crippen LogP contribution in [0.3, 0.4) is 0 Å². The van der Waals surface area contributed by atoms with E-state index in [1.165, 1.54) is 44.5 Å². The Balaban J connectivity index is 1.70. The number of halogens is 2. The molecule has 2 aliphatic carbocycles. The van der Waals surface area contributed by atoms with Crippen molar-refractivity contribution in [1.82, 2.24) is 0 Å². The number of allylic oxidation sites excluding steroid dienone is 2. The zero-order chi connectivity index (χ0) is 28.1. The summed E-state index contributed by atoms with van der Waals surface area (Å²) in [6, 6.07) is 34.5. The summed E-state index contributed by atoms with van der Waals surface area (Å²) in [6.07, 6.45) is 8.61. The molecule has 4 aromatic carbocycles. The molecule has 199 valence electrons. The summed E-state index contributed by atoms with van der Waals surface area (Å²) >= 11 is -4.96. The maximum atomic E-state index is 8.58. The third-order valence-electron chi connectivity index (χ3n) is 9.05. The fraction of sp³-hybridized carbons (Fsp3) is 0.111. The normalized spacial score (nSPS) is 18.8. The van der Waals surface area contributed by atoms with Gasteiger partial charge in [-0.3, -0.25) is 0 Å². The molecule has 0 radical (unpaired) electrons. The molecule has 0 aliphatic heterocycles. The van der Waals surface area contributed by atoms with Gasteiger partial charge in [0.25, 0.3) is 0 Å². The second-order valence-electron chi connectivity index (χ2n) is 11.3. The van der Waals surface area contributed by atoms with Gasteiger partial charge in [-0.05, 0) is 0 Å². The molecule has 0 amide bonds. The van der Waals surface area contributed by atoms with Crippen LogP contribution in [-0.4, -0.2) is 5.92 Å². The molecule has 40 heavy (non-hydrogen) atoms. The number of hydrogen-bond acceptors (Lipinski definition) is 0. The minimum atomic E-state index is -4.96. The van der Waals surface area contributed by atoms with E-state index in [1.54, 1.807) is 0 Å². The molecule has 0 heterocycles. The summed E-state index contributed by atoms with van der Waals surface area (Å²) in [7, 11) is 17.2. The number of fused-ring (bicyclic) bond motifs is 2. The molecule has 0 N–H and O–H groups in total. The molecule has 0 fully saturated rings. The number of benzene rings is 4. The van der Waals surface area contributed by atoms with Gasteiger partial charge in [-0.15, -0.1) is 0 Å². The molecule has 4 heteroatoms. The molecule has 0 saturated heterocycles. The molecule has 0 spiro atoms. The van der Waals surface area contributed by atoms with Crippen LogP contribution >= 0.6 is 17.0 Å². The van der Waals surface area contributed by atoms with E-state index < -0.39 is 21.5 Å². The summed E-state index contributed by atoms with van der Waals surface area (Å²) in [5.41, 5.74) is 12.1. The zero-order valence-electron chi connectivity index (χ0n) is 22.9. The van der Waals surface area contributed by atoms with Crippen LogP contribution in [-0.2, 0) is 15.6 Å². The predicted octanol–water partition coefficient (Wildman–Crippen LogP) is 10.8. The van der Waals surface area contributed by atoms with Gasteiger partial charge < -0.3 is 0 Å². The van der Waals surface area contributed by atoms with Gasteiger partial charge in [0.2, 0.25) is 0 Å². The van der Waals surface area contributed by atoms with Gasteiger partial charge in [0.1, 0.15) is 0 Å². The number of rotatable bonds is 7. The summed E-state index contributed by atoms with van der Waals surface area (Å²) < 4.78 is -0.0756. The molecule has 0 aromatic heterocycles. The van der Waals surface area contributed by atoms with Crippen LogP contribution in [0.5, 0.6) is 0 Å². The van der Waals surface area contributed by atoms with Crippen LogP contribution in [0.25, 0.3) is 35.5 Å². The van der Waals surface area contributed by atoms with E-state index in [4.69, 9.17) is 17.0 Å². The molecular weight excluding hydrogens is 623 g/mol. The first-order chi connectivity index (χ1) is 19.3. The molecule has 2 aliphatic rings. The Morgan fingerprint density at radius 3 is 1.35 bits per heavy atom. The predicted molar refractivity (Wildman–Crippen MR) is 178 cm³/mol. The zero-order valence-corrected chi connectivity index (χ0v) is 28.1. The van der Waals surface area contributed by atoms with Gasteiger partial charge in [-0.25, -0.2) is 0 Å². The molecule has 0 nitrogen and oxygen atoms in total. The standard InChI is InChI=1S/2C17H13.C2H7Si.2ClH.Zr/c2*1-2-13-9-6-10-15-11-16(12-17(13)15)14-7-4-3-5-8-14;1-3-2;;;/h2*2-12H,1H2;3H,1-2H3;2*1H;/q;;;;;+2/p-2. The fourth-order valence-electron chi connectivity index (χ4n) is 6.99. The third kappa shape index (κ3) is 4.11. The molecule has 2 atom stereocenters. The third-order valence-corrected chi connectivity index (χ3v) is 60.6. The van der Waals surface area contributed by atoms with Gasteiger partial charge in [-0.2, -0.15) is 0 Å². The Hall–Kier alpha value is -2.48. The first-order valence-electron chi connectivity index (χ1n) is 13.9. The van der Waals surface area contributed by atoms with Gasteiger partial charge in [0, 0.05) is 0 Å². The van der Waals surface area contributed by atoms with E-state index >= 15 is 0 Å². The fourth-order valence-corrected chi connectivity index (χ4v) is 37.1. The van der Waals surface area contributed by atoms with Crippen LogP contribution in [0.15, 0.2) is 110 Å². The van der Waals surface area contributed by atoms with Crippen LogP contribution < -0.4 is 0 Å². The van der Waals surface area contributed by atoms with E-state index in [1.807, 2.05) is 12.2 Å². The Kier molecular flexibility index (Phi) is 7.21. The Morgan fingerprint density at radius 2 is 1.00 bits per heavy atom. The average molecular weight is 656 g/mol. The SMILES string of the molecule is C=Cc1cccc2c1C=C(c1ccccc1)[CH]2[Zr]([Cl])([Cl])([CH]1C(c2ccccc2)=Cc2c(C=C)cccc21)[SiH](C)C. The van der Waals surface area contributed by atoms with Crippen molar-refractivity contribution in [2.45, 2.75) is 20.3 Å². The Bertz CT molecular complexity index is 1580. The molecule has 4 aromatic rings. The van der Waals surface area contributed by atoms with Crippen molar-refractivity contribution >= 4 is 58.4 Å². The molecule has 0 bridgehead atoms. The minimum absolute atomic E-state index is 0.0378. The molecular formula is C36H33Cl2SiZr. The second-order valence-corrected chi connectivity index (χ2v) is 53.8. The van der Waals surface area contributed by atoms with Gasteiger partial charge >= 0.3 is 249 Å². The van der Waals surface area contributed by atoms with Crippen molar-refractivity contribution in [1.29, 1.82) is 0 Å². The summed E-state index contributed by atoms with van der Waals surface area (Å²) in [6.45, 7) is 13.1. The second kappa shape index (κ2) is 10.4. The number of hydrogen-bond donors (Lipinski definition) is 0. The van der Waals surface area contributed by atoms with Crippen molar-refractivity contribution < 1.29 is 15.6 Å². The monoisotopic (exact) mass is 653 g/mol. The first-order valence-corrected chi connectivity index (χ1v) is 30.2. The summed E-state index contributed by atoms with van der Waals surface area (Å²) in [4.78, 5) is 0. The first kappa shape index (κ1) is 27.7. The van der Waals surface area contributed by atoms with Crippen LogP contribution in [0.2, 0.25) is 13.1 Å². The average Bonchev–Trinajstić information content (AvgIpc) is 3.59. The van der Waals surface area contributed by atoms with E-state index in [9.17, 15) is 0 Å². The maximum absolute atomic E-state index is 8.58. The van der Waals surface area contributed by atoms with Gasteiger partial charge in [0.05, 0.1) is 0 Å². The quantitative estimate of drug-likeness (QED) is 0.174. The van der Waals surface area contributed by atoms with Crippen LogP contribution in [0, 0.1) is 0 Å². The summed E-state index contributed by atoms with van der Waals surface area (Å²) in [5, 5.41) is 0. The Morgan fingerprint density at radius 1 is 0.600 bits per heavy atom. The van der Waals surface area contributed by atoms with E-state index in [0.717, 1.165) is 11.1 Å².